The molecule has 0 spiro atoms. The first-order valence-electron chi connectivity index (χ1n) is 12.5. The highest BCUT2D eigenvalue weighted by molar-refractivity contribution is 7.10. The number of benzene rings is 2. The lowest BCUT2D eigenvalue weighted by Gasteiger charge is -2.31. The minimum atomic E-state index is -0.815. The van der Waals surface area contributed by atoms with Crippen LogP contribution in [0.3, 0.4) is 0 Å². The van der Waals surface area contributed by atoms with Crippen LogP contribution < -0.4 is 0 Å². The summed E-state index contributed by atoms with van der Waals surface area (Å²) in [4.78, 5) is 29.7. The highest BCUT2D eigenvalue weighted by Crippen LogP contribution is 2.35. The fourth-order valence-corrected chi connectivity index (χ4v) is 6.48. The number of fused-ring (bicyclic) bond motifs is 1. The molecule has 1 amide bonds. The molecular weight excluding hydrogens is 567 g/mol. The van der Waals surface area contributed by atoms with Crippen molar-refractivity contribution < 1.29 is 18.4 Å². The monoisotopic (exact) mass is 589 g/mol. The van der Waals surface area contributed by atoms with Crippen molar-refractivity contribution in [1.82, 2.24) is 19.4 Å². The molecule has 0 bridgehead atoms. The van der Waals surface area contributed by atoms with Crippen molar-refractivity contribution in [2.75, 3.05) is 13.1 Å². The molecule has 4 heterocycles. The minimum absolute atomic E-state index is 0.0191. The molecule has 2 aromatic heterocycles. The normalized spacial score (nSPS) is 18.0. The fourth-order valence-electron chi connectivity index (χ4n) is 5.16. The predicted molar refractivity (Wildman–Crippen MR) is 146 cm³/mol. The van der Waals surface area contributed by atoms with Gasteiger partial charge in [-0.1, -0.05) is 34.4 Å². The maximum Gasteiger partial charge on any atom is 0.242 e. The van der Waals surface area contributed by atoms with Crippen LogP contribution in [0.25, 0.3) is 11.0 Å². The zero-order chi connectivity index (χ0) is 27.3. The van der Waals surface area contributed by atoms with Crippen LogP contribution in [-0.4, -0.2) is 44.1 Å². The van der Waals surface area contributed by atoms with Gasteiger partial charge in [-0.25, -0.2) is 18.7 Å². The van der Waals surface area contributed by atoms with E-state index in [0.717, 1.165) is 29.2 Å². The molecule has 2 aromatic carbocycles. The second kappa shape index (κ2) is 10.5. The van der Waals surface area contributed by atoms with Gasteiger partial charge in [-0.15, -0.1) is 11.3 Å². The highest BCUT2D eigenvalue weighted by Gasteiger charge is 2.31. The molecule has 7 nitrogen and oxygen atoms in total. The summed E-state index contributed by atoms with van der Waals surface area (Å²) >= 11 is 13.9. The third kappa shape index (κ3) is 5.01. The van der Waals surface area contributed by atoms with Gasteiger partial charge in [-0.05, 0) is 44.0 Å². The Kier molecular flexibility index (Phi) is 7.03. The van der Waals surface area contributed by atoms with Crippen molar-refractivity contribution in [3.8, 4) is 0 Å². The smallest absolute Gasteiger partial charge is 0.242 e. The Hall–Kier alpha value is -3.08. The maximum atomic E-state index is 14.2. The van der Waals surface area contributed by atoms with Gasteiger partial charge >= 0.3 is 0 Å². The van der Waals surface area contributed by atoms with Crippen LogP contribution in [-0.2, 0) is 16.2 Å². The first-order chi connectivity index (χ1) is 18.8. The van der Waals surface area contributed by atoms with Crippen LogP contribution in [0.1, 0.15) is 53.4 Å². The number of nitrogens with zero attached hydrogens (tertiary/aromatic N) is 5. The lowest BCUT2D eigenvalue weighted by atomic mass is 9.97. The molecule has 202 valence electrons. The van der Waals surface area contributed by atoms with Crippen molar-refractivity contribution in [3.63, 3.8) is 0 Å². The van der Waals surface area contributed by atoms with Crippen molar-refractivity contribution in [1.29, 1.82) is 0 Å². The van der Waals surface area contributed by atoms with Gasteiger partial charge < -0.3 is 14.3 Å². The van der Waals surface area contributed by atoms with E-state index >= 15 is 0 Å². The molecule has 0 saturated carbocycles. The Morgan fingerprint density at radius 3 is 2.59 bits per heavy atom. The number of amides is 1. The number of carbonyl (C=O) groups excluding carboxylic acids is 1. The minimum Gasteiger partial charge on any atom is -0.387 e. The van der Waals surface area contributed by atoms with E-state index in [0.29, 0.717) is 40.1 Å². The second-order valence-corrected chi connectivity index (χ2v) is 11.4. The zero-order valence-electron chi connectivity index (χ0n) is 20.8. The number of likely N-dealkylation sites (tertiary alicyclic amines) is 1. The van der Waals surface area contributed by atoms with Gasteiger partial charge in [0.05, 0.1) is 37.3 Å². The summed E-state index contributed by atoms with van der Waals surface area (Å²) in [6.07, 6.45) is 1.00. The number of aromatic nitrogens is 3. The number of rotatable bonds is 5. The zero-order valence-corrected chi connectivity index (χ0v) is 23.2. The Balaban J connectivity index is 1.07. The van der Waals surface area contributed by atoms with Gasteiger partial charge in [-0.2, -0.15) is 0 Å². The van der Waals surface area contributed by atoms with Crippen molar-refractivity contribution in [3.05, 3.63) is 79.5 Å². The first-order valence-corrected chi connectivity index (χ1v) is 14.1. The lowest BCUT2D eigenvalue weighted by molar-refractivity contribution is -0.132. The predicted octanol–water partition coefficient (Wildman–Crippen LogP) is 6.66. The number of carbonyl (C=O) groups is 1. The maximum absolute atomic E-state index is 14.2. The number of piperidine rings is 1. The molecule has 1 atom stereocenters. The van der Waals surface area contributed by atoms with E-state index < -0.39 is 17.7 Å². The van der Waals surface area contributed by atoms with Crippen LogP contribution in [0, 0.1) is 18.6 Å². The van der Waals surface area contributed by atoms with Crippen LogP contribution in [0.15, 0.2) is 40.9 Å². The summed E-state index contributed by atoms with van der Waals surface area (Å²) in [5.41, 5.74) is 2.60. The Morgan fingerprint density at radius 2 is 1.85 bits per heavy atom. The number of hydrogen-bond donors (Lipinski definition) is 0. The Labute approximate surface area is 237 Å². The number of oxime groups is 1. The molecule has 6 rings (SSSR count). The number of aryl methyl sites for hydroxylation is 1. The second-order valence-electron chi connectivity index (χ2n) is 9.70. The number of hydrogen-bond acceptors (Lipinski definition) is 6. The van der Waals surface area contributed by atoms with Crippen LogP contribution >= 0.6 is 34.5 Å². The molecule has 2 aliphatic rings. The van der Waals surface area contributed by atoms with Gasteiger partial charge in [0.15, 0.2) is 6.10 Å². The molecule has 4 aromatic rings. The summed E-state index contributed by atoms with van der Waals surface area (Å²) in [5.74, 6) is -0.346. The molecule has 12 heteroatoms. The van der Waals surface area contributed by atoms with E-state index in [2.05, 4.69) is 10.1 Å². The van der Waals surface area contributed by atoms with Crippen LogP contribution in [0.5, 0.6) is 0 Å². The van der Waals surface area contributed by atoms with Gasteiger partial charge in [0.25, 0.3) is 0 Å². The number of imidazole rings is 1. The molecule has 1 fully saturated rings. The average molecular weight is 590 g/mol. The van der Waals surface area contributed by atoms with E-state index in [4.69, 9.17) is 33.0 Å². The summed E-state index contributed by atoms with van der Waals surface area (Å²) in [7, 11) is 0. The molecular formula is C27H23Cl2F2N5O2S. The van der Waals surface area contributed by atoms with Crippen molar-refractivity contribution in [2.45, 2.75) is 44.8 Å². The molecule has 0 aliphatic carbocycles. The number of thiazole rings is 1. The van der Waals surface area contributed by atoms with E-state index in [1.807, 2.05) is 21.8 Å². The fraction of sp³-hybridized carbons (Fsp3) is 0.333. The van der Waals surface area contributed by atoms with Gasteiger partial charge in [-0.3, -0.25) is 4.79 Å². The van der Waals surface area contributed by atoms with Gasteiger partial charge in [0.1, 0.15) is 29.7 Å². The van der Waals surface area contributed by atoms with Crippen molar-refractivity contribution >= 4 is 57.2 Å². The molecule has 0 N–H and O–H groups in total. The molecule has 2 aliphatic heterocycles. The summed E-state index contributed by atoms with van der Waals surface area (Å²) < 4.78 is 30.2. The van der Waals surface area contributed by atoms with Gasteiger partial charge in [0, 0.05) is 30.8 Å². The van der Waals surface area contributed by atoms with E-state index in [9.17, 15) is 13.6 Å². The van der Waals surface area contributed by atoms with E-state index in [-0.39, 0.29) is 30.4 Å². The molecule has 39 heavy (non-hydrogen) atoms. The third-order valence-corrected chi connectivity index (χ3v) is 9.01. The average Bonchev–Trinajstić information content (AvgIpc) is 3.65. The van der Waals surface area contributed by atoms with Crippen molar-refractivity contribution in [2.24, 2.45) is 5.16 Å². The summed E-state index contributed by atoms with van der Waals surface area (Å²) in [5, 5.41) is 7.78. The highest BCUT2D eigenvalue weighted by atomic mass is 35.5. The van der Waals surface area contributed by atoms with Crippen LogP contribution in [0.2, 0.25) is 10.0 Å². The quantitative estimate of drug-likeness (QED) is 0.261. The molecule has 1 saturated heterocycles. The van der Waals surface area contributed by atoms with E-state index in [1.165, 1.54) is 29.5 Å². The SMILES string of the molecule is Cc1nc2cc(Cl)c(Cl)cc2n1CC(=O)N1CCC(c2nc(C3=NOC(c4c(F)cccc4F)C3)cs2)CC1. The summed E-state index contributed by atoms with van der Waals surface area (Å²) in [6.45, 7) is 3.27. The molecule has 0 radical (unpaired) electrons. The Bertz CT molecular complexity index is 1590. The topological polar surface area (TPSA) is 72.6 Å². The van der Waals surface area contributed by atoms with Gasteiger partial charge in [0.2, 0.25) is 5.91 Å². The standard InChI is InChI=1S/C27H23Cl2F2N5O2S/c1-14-32-21-9-16(28)17(29)10-23(21)36(14)12-25(37)35-7-5-15(6-8-35)27-33-22(13-39-27)20-11-24(38-34-20)26-18(30)3-2-4-19(26)31/h2-4,9-10,13,15,24H,5-8,11-12H2,1H3. The first kappa shape index (κ1) is 26.2. The molecule has 1 unspecified atom stereocenters. The lowest BCUT2D eigenvalue weighted by Crippen LogP contribution is -2.39. The number of halogens is 4. The summed E-state index contributed by atoms with van der Waals surface area (Å²) in [6, 6.07) is 7.20. The Morgan fingerprint density at radius 1 is 1.13 bits per heavy atom. The largest absolute Gasteiger partial charge is 0.387 e. The van der Waals surface area contributed by atoms with Crippen LogP contribution in [0.4, 0.5) is 8.78 Å². The third-order valence-electron chi connectivity index (χ3n) is 7.28. The van der Waals surface area contributed by atoms with E-state index in [1.54, 1.807) is 12.1 Å².